The zero-order chi connectivity index (χ0) is 9.72. The Morgan fingerprint density at radius 1 is 1.50 bits per heavy atom. The number of rotatable bonds is 4. The van der Waals surface area contributed by atoms with Crippen LogP contribution in [0, 0.1) is 11.8 Å². The van der Waals surface area contributed by atoms with Crippen molar-refractivity contribution in [2.45, 2.75) is 20.8 Å². The topological polar surface area (TPSA) is 40.5 Å². The van der Waals surface area contributed by atoms with Gasteiger partial charge in [0.2, 0.25) is 5.91 Å². The van der Waals surface area contributed by atoms with Gasteiger partial charge in [-0.25, -0.2) is 0 Å². The van der Waals surface area contributed by atoms with Gasteiger partial charge in [0.25, 0.3) is 0 Å². The van der Waals surface area contributed by atoms with Gasteiger partial charge in [-0.2, -0.15) is 0 Å². The van der Waals surface area contributed by atoms with E-state index < -0.39 is 0 Å². The molecule has 0 aliphatic heterocycles. The van der Waals surface area contributed by atoms with Gasteiger partial charge in [-0.3, -0.25) is 4.79 Å². The fourth-order valence-corrected chi connectivity index (χ4v) is 1.01. The smallest absolute Gasteiger partial charge is 0.227 e. The average molecular weight is 173 g/mol. The number of carbonyl (C=O) groups is 1. The van der Waals surface area contributed by atoms with Crippen molar-refractivity contribution in [3.63, 3.8) is 0 Å². The van der Waals surface area contributed by atoms with Crippen molar-refractivity contribution in [1.82, 2.24) is 4.90 Å². The van der Waals surface area contributed by atoms with Crippen molar-refractivity contribution in [3.05, 3.63) is 0 Å². The highest BCUT2D eigenvalue weighted by atomic mass is 16.3. The van der Waals surface area contributed by atoms with Gasteiger partial charge < -0.3 is 10.0 Å². The number of hydrogen-bond acceptors (Lipinski definition) is 2. The standard InChI is InChI=1S/C9H19NO2/c1-5-10(4)9(12)8(6-11)7(2)3/h7-8,11H,5-6H2,1-4H3. The molecule has 0 aromatic heterocycles. The predicted molar refractivity (Wildman–Crippen MR) is 48.7 cm³/mol. The van der Waals surface area contributed by atoms with E-state index in [1.807, 2.05) is 20.8 Å². The van der Waals surface area contributed by atoms with Crippen LogP contribution in [0.1, 0.15) is 20.8 Å². The molecule has 1 atom stereocenters. The quantitative estimate of drug-likeness (QED) is 0.681. The molecule has 0 aromatic rings. The van der Waals surface area contributed by atoms with Gasteiger partial charge in [0.05, 0.1) is 12.5 Å². The van der Waals surface area contributed by atoms with E-state index in [-0.39, 0.29) is 24.3 Å². The lowest BCUT2D eigenvalue weighted by atomic mass is 9.95. The molecular weight excluding hydrogens is 154 g/mol. The monoisotopic (exact) mass is 173 g/mol. The minimum Gasteiger partial charge on any atom is -0.396 e. The van der Waals surface area contributed by atoms with Crippen LogP contribution in [0.2, 0.25) is 0 Å². The van der Waals surface area contributed by atoms with Gasteiger partial charge in [0.15, 0.2) is 0 Å². The third-order valence-corrected chi connectivity index (χ3v) is 2.17. The van der Waals surface area contributed by atoms with E-state index in [1.165, 1.54) is 0 Å². The van der Waals surface area contributed by atoms with Crippen molar-refractivity contribution in [2.24, 2.45) is 11.8 Å². The minimum atomic E-state index is -0.241. The summed E-state index contributed by atoms with van der Waals surface area (Å²) >= 11 is 0. The third-order valence-electron chi connectivity index (χ3n) is 2.17. The number of aliphatic hydroxyl groups excluding tert-OH is 1. The Labute approximate surface area is 74.4 Å². The molecule has 0 aliphatic carbocycles. The average Bonchev–Trinajstić information content (AvgIpc) is 2.03. The van der Waals surface area contributed by atoms with E-state index in [0.29, 0.717) is 6.54 Å². The Balaban J connectivity index is 4.21. The summed E-state index contributed by atoms with van der Waals surface area (Å²) in [6.07, 6.45) is 0. The maximum atomic E-state index is 11.5. The normalized spacial score (nSPS) is 13.2. The summed E-state index contributed by atoms with van der Waals surface area (Å²) in [4.78, 5) is 13.2. The predicted octanol–water partition coefficient (Wildman–Crippen LogP) is 0.729. The summed E-state index contributed by atoms with van der Waals surface area (Å²) in [6, 6.07) is 0. The molecule has 0 radical (unpaired) electrons. The van der Waals surface area contributed by atoms with Crippen molar-refractivity contribution < 1.29 is 9.90 Å². The fraction of sp³-hybridized carbons (Fsp3) is 0.889. The minimum absolute atomic E-state index is 0.0370. The number of carbonyl (C=O) groups excluding carboxylic acids is 1. The number of aliphatic hydroxyl groups is 1. The molecule has 0 spiro atoms. The van der Waals surface area contributed by atoms with Gasteiger partial charge in [0, 0.05) is 13.6 Å². The first-order valence-electron chi connectivity index (χ1n) is 4.40. The molecule has 0 rings (SSSR count). The highest BCUT2D eigenvalue weighted by molar-refractivity contribution is 5.78. The van der Waals surface area contributed by atoms with Gasteiger partial charge in [-0.15, -0.1) is 0 Å². The molecule has 0 bridgehead atoms. The highest BCUT2D eigenvalue weighted by Crippen LogP contribution is 2.12. The Hall–Kier alpha value is -0.570. The number of hydrogen-bond donors (Lipinski definition) is 1. The zero-order valence-corrected chi connectivity index (χ0v) is 8.37. The molecule has 0 heterocycles. The molecule has 3 heteroatoms. The van der Waals surface area contributed by atoms with E-state index in [2.05, 4.69) is 0 Å². The second-order valence-electron chi connectivity index (χ2n) is 3.39. The van der Waals surface area contributed by atoms with Gasteiger partial charge in [0.1, 0.15) is 0 Å². The SMILES string of the molecule is CCN(C)C(=O)C(CO)C(C)C. The number of amides is 1. The molecule has 1 unspecified atom stereocenters. The van der Waals surface area contributed by atoms with Crippen LogP contribution in [0.5, 0.6) is 0 Å². The largest absolute Gasteiger partial charge is 0.396 e. The molecular formula is C9H19NO2. The maximum Gasteiger partial charge on any atom is 0.227 e. The van der Waals surface area contributed by atoms with E-state index in [0.717, 1.165) is 0 Å². The van der Waals surface area contributed by atoms with Crippen molar-refractivity contribution >= 4 is 5.91 Å². The molecule has 72 valence electrons. The van der Waals surface area contributed by atoms with Crippen LogP contribution in [0.4, 0.5) is 0 Å². The van der Waals surface area contributed by atoms with Crippen LogP contribution < -0.4 is 0 Å². The second kappa shape index (κ2) is 5.14. The Morgan fingerprint density at radius 2 is 2.00 bits per heavy atom. The van der Waals surface area contributed by atoms with Gasteiger partial charge >= 0.3 is 0 Å². The molecule has 1 amide bonds. The summed E-state index contributed by atoms with van der Waals surface area (Å²) in [5, 5.41) is 8.96. The lowest BCUT2D eigenvalue weighted by Crippen LogP contribution is -2.37. The Bertz CT molecular complexity index is 145. The van der Waals surface area contributed by atoms with Crippen LogP contribution in [0.15, 0.2) is 0 Å². The summed E-state index contributed by atoms with van der Waals surface area (Å²) in [5.41, 5.74) is 0. The molecule has 0 fully saturated rings. The second-order valence-corrected chi connectivity index (χ2v) is 3.39. The van der Waals surface area contributed by atoms with Crippen LogP contribution >= 0.6 is 0 Å². The lowest BCUT2D eigenvalue weighted by molar-refractivity contribution is -0.136. The van der Waals surface area contributed by atoms with Crippen LogP contribution in [0.3, 0.4) is 0 Å². The van der Waals surface area contributed by atoms with E-state index >= 15 is 0 Å². The third kappa shape index (κ3) is 2.81. The van der Waals surface area contributed by atoms with Gasteiger partial charge in [-0.05, 0) is 12.8 Å². The summed E-state index contributed by atoms with van der Waals surface area (Å²) in [5.74, 6) is 0.00134. The maximum absolute atomic E-state index is 11.5. The van der Waals surface area contributed by atoms with Crippen molar-refractivity contribution in [3.8, 4) is 0 Å². The molecule has 0 aromatic carbocycles. The number of nitrogens with zero attached hydrogens (tertiary/aromatic N) is 1. The first-order chi connectivity index (χ1) is 5.54. The molecule has 1 N–H and O–H groups in total. The molecule has 0 saturated heterocycles. The van der Waals surface area contributed by atoms with Crippen LogP contribution in [-0.4, -0.2) is 36.1 Å². The van der Waals surface area contributed by atoms with E-state index in [9.17, 15) is 4.79 Å². The van der Waals surface area contributed by atoms with Crippen molar-refractivity contribution in [1.29, 1.82) is 0 Å². The molecule has 0 aliphatic rings. The van der Waals surface area contributed by atoms with E-state index in [1.54, 1.807) is 11.9 Å². The summed E-state index contributed by atoms with van der Waals surface area (Å²) in [7, 11) is 1.76. The van der Waals surface area contributed by atoms with Crippen LogP contribution in [-0.2, 0) is 4.79 Å². The summed E-state index contributed by atoms with van der Waals surface area (Å²) in [6.45, 7) is 6.46. The molecule has 3 nitrogen and oxygen atoms in total. The zero-order valence-electron chi connectivity index (χ0n) is 8.37. The molecule has 12 heavy (non-hydrogen) atoms. The first kappa shape index (κ1) is 11.4. The fourth-order valence-electron chi connectivity index (χ4n) is 1.01. The van der Waals surface area contributed by atoms with E-state index in [4.69, 9.17) is 5.11 Å². The van der Waals surface area contributed by atoms with Crippen LogP contribution in [0.25, 0.3) is 0 Å². The Morgan fingerprint density at radius 3 is 2.25 bits per heavy atom. The highest BCUT2D eigenvalue weighted by Gasteiger charge is 2.23. The lowest BCUT2D eigenvalue weighted by Gasteiger charge is -2.23. The van der Waals surface area contributed by atoms with Crippen molar-refractivity contribution in [2.75, 3.05) is 20.2 Å². The first-order valence-corrected chi connectivity index (χ1v) is 4.40. The Kier molecular flexibility index (Phi) is 4.90. The summed E-state index contributed by atoms with van der Waals surface area (Å²) < 4.78 is 0. The molecule has 0 saturated carbocycles. The van der Waals surface area contributed by atoms with Gasteiger partial charge in [-0.1, -0.05) is 13.8 Å².